The SMILES string of the molecule is C[C@@H]1NC(=O)c2cc3ccc(C(=O)Nc4cc(Cc5ccccc5)on4)nc3n2[C@H]1C. The minimum Gasteiger partial charge on any atom is -0.359 e. The van der Waals surface area contributed by atoms with E-state index in [0.29, 0.717) is 29.3 Å². The van der Waals surface area contributed by atoms with Gasteiger partial charge in [-0.05, 0) is 37.6 Å². The van der Waals surface area contributed by atoms with E-state index in [0.717, 1.165) is 10.9 Å². The van der Waals surface area contributed by atoms with E-state index in [1.54, 1.807) is 24.3 Å². The Morgan fingerprint density at radius 1 is 1.16 bits per heavy atom. The zero-order valence-corrected chi connectivity index (χ0v) is 17.1. The number of benzene rings is 1. The Morgan fingerprint density at radius 2 is 1.97 bits per heavy atom. The lowest BCUT2D eigenvalue weighted by atomic mass is 10.1. The number of fused-ring (bicyclic) bond motifs is 3. The second-order valence-electron chi connectivity index (χ2n) is 7.81. The molecule has 4 heterocycles. The smallest absolute Gasteiger partial charge is 0.275 e. The van der Waals surface area contributed by atoms with Gasteiger partial charge in [-0.15, -0.1) is 0 Å². The molecule has 1 aliphatic rings. The van der Waals surface area contributed by atoms with E-state index in [9.17, 15) is 9.59 Å². The normalized spacial score (nSPS) is 17.9. The van der Waals surface area contributed by atoms with Crippen LogP contribution in [0.1, 0.15) is 52.2 Å². The molecule has 31 heavy (non-hydrogen) atoms. The van der Waals surface area contributed by atoms with Crippen molar-refractivity contribution in [3.05, 3.63) is 77.3 Å². The number of amides is 2. The number of carbonyl (C=O) groups is 2. The second-order valence-corrected chi connectivity index (χ2v) is 7.81. The van der Waals surface area contributed by atoms with Gasteiger partial charge in [-0.3, -0.25) is 9.59 Å². The zero-order valence-electron chi connectivity index (χ0n) is 17.1. The van der Waals surface area contributed by atoms with Gasteiger partial charge in [0.1, 0.15) is 22.8 Å². The molecule has 0 fully saturated rings. The van der Waals surface area contributed by atoms with Crippen LogP contribution in [-0.2, 0) is 6.42 Å². The first-order valence-corrected chi connectivity index (χ1v) is 10.1. The van der Waals surface area contributed by atoms with E-state index in [-0.39, 0.29) is 23.7 Å². The van der Waals surface area contributed by atoms with Crippen molar-refractivity contribution < 1.29 is 14.1 Å². The average molecular weight is 415 g/mol. The first-order valence-electron chi connectivity index (χ1n) is 10.1. The molecular formula is C23H21N5O3. The molecule has 156 valence electrons. The molecule has 0 bridgehead atoms. The molecule has 0 aliphatic carbocycles. The maximum Gasteiger partial charge on any atom is 0.275 e. The molecule has 0 spiro atoms. The molecular weight excluding hydrogens is 394 g/mol. The van der Waals surface area contributed by atoms with Crippen LogP contribution in [0.5, 0.6) is 0 Å². The molecule has 8 heteroatoms. The fourth-order valence-electron chi connectivity index (χ4n) is 3.87. The molecule has 0 saturated heterocycles. The largest absolute Gasteiger partial charge is 0.359 e. The molecule has 4 aromatic rings. The topological polar surface area (TPSA) is 102 Å². The van der Waals surface area contributed by atoms with Gasteiger partial charge in [-0.25, -0.2) is 4.98 Å². The predicted molar refractivity (Wildman–Crippen MR) is 115 cm³/mol. The summed E-state index contributed by atoms with van der Waals surface area (Å²) in [5, 5.41) is 10.4. The van der Waals surface area contributed by atoms with Crippen LogP contribution < -0.4 is 10.6 Å². The maximum atomic E-state index is 12.8. The summed E-state index contributed by atoms with van der Waals surface area (Å²) in [5.41, 5.74) is 2.50. The minimum absolute atomic E-state index is 0.0205. The van der Waals surface area contributed by atoms with Gasteiger partial charge in [0.25, 0.3) is 11.8 Å². The summed E-state index contributed by atoms with van der Waals surface area (Å²) in [7, 11) is 0. The molecule has 0 radical (unpaired) electrons. The van der Waals surface area contributed by atoms with E-state index in [1.165, 1.54) is 0 Å². The molecule has 2 atom stereocenters. The van der Waals surface area contributed by atoms with Crippen LogP contribution in [0.3, 0.4) is 0 Å². The van der Waals surface area contributed by atoms with E-state index >= 15 is 0 Å². The van der Waals surface area contributed by atoms with Crippen molar-refractivity contribution in [3.63, 3.8) is 0 Å². The van der Waals surface area contributed by atoms with E-state index in [1.807, 2.05) is 48.7 Å². The fraction of sp³-hybridized carbons (Fsp3) is 0.217. The minimum atomic E-state index is -0.391. The van der Waals surface area contributed by atoms with Crippen molar-refractivity contribution in [1.29, 1.82) is 0 Å². The summed E-state index contributed by atoms with van der Waals surface area (Å²) in [6, 6.07) is 16.8. The molecule has 8 nitrogen and oxygen atoms in total. The van der Waals surface area contributed by atoms with Crippen molar-refractivity contribution in [2.45, 2.75) is 32.4 Å². The molecule has 1 aromatic carbocycles. The first kappa shape index (κ1) is 19.0. The number of aromatic nitrogens is 3. The van der Waals surface area contributed by atoms with Gasteiger partial charge in [0.2, 0.25) is 0 Å². The number of carbonyl (C=O) groups excluding carboxylic acids is 2. The highest BCUT2D eigenvalue weighted by molar-refractivity contribution is 6.04. The predicted octanol–water partition coefficient (Wildman–Crippen LogP) is 3.56. The van der Waals surface area contributed by atoms with Crippen molar-refractivity contribution >= 4 is 28.7 Å². The van der Waals surface area contributed by atoms with E-state index in [2.05, 4.69) is 20.8 Å². The van der Waals surface area contributed by atoms with Crippen LogP contribution in [0.4, 0.5) is 5.82 Å². The van der Waals surface area contributed by atoms with Gasteiger partial charge < -0.3 is 19.7 Å². The fourth-order valence-corrected chi connectivity index (χ4v) is 3.87. The molecule has 1 aliphatic heterocycles. The van der Waals surface area contributed by atoms with Gasteiger partial charge in [-0.1, -0.05) is 35.5 Å². The van der Waals surface area contributed by atoms with Crippen LogP contribution >= 0.6 is 0 Å². The number of hydrogen-bond acceptors (Lipinski definition) is 5. The monoisotopic (exact) mass is 415 g/mol. The third kappa shape index (κ3) is 3.46. The number of nitrogens with one attached hydrogen (secondary N) is 2. The average Bonchev–Trinajstić information content (AvgIpc) is 3.37. The standard InChI is InChI=1S/C23H21N5O3/c1-13-14(2)28-19(23(30)24-13)11-16-8-9-18(25-21(16)28)22(29)26-20-12-17(31-27-20)10-15-6-4-3-5-7-15/h3-9,11-14H,10H2,1-2H3,(H,24,30)(H,26,27,29)/t13-,14-/m0/s1. The summed E-state index contributed by atoms with van der Waals surface area (Å²) in [6.07, 6.45) is 0.586. The van der Waals surface area contributed by atoms with E-state index < -0.39 is 5.91 Å². The lowest BCUT2D eigenvalue weighted by molar-refractivity contribution is 0.0891. The first-order chi connectivity index (χ1) is 15.0. The third-order valence-electron chi connectivity index (χ3n) is 5.66. The summed E-state index contributed by atoms with van der Waals surface area (Å²) >= 11 is 0. The summed E-state index contributed by atoms with van der Waals surface area (Å²) in [5.74, 6) is 0.455. The number of hydrogen-bond donors (Lipinski definition) is 2. The second kappa shape index (κ2) is 7.39. The summed E-state index contributed by atoms with van der Waals surface area (Å²) < 4.78 is 7.23. The zero-order chi connectivity index (χ0) is 21.5. The van der Waals surface area contributed by atoms with Gasteiger partial charge >= 0.3 is 0 Å². The maximum absolute atomic E-state index is 12.8. The molecule has 0 unspecified atom stereocenters. The van der Waals surface area contributed by atoms with Crippen molar-refractivity contribution in [2.75, 3.05) is 5.32 Å². The van der Waals surface area contributed by atoms with Gasteiger partial charge in [0.05, 0.1) is 6.04 Å². The summed E-state index contributed by atoms with van der Waals surface area (Å²) in [4.78, 5) is 29.7. The molecule has 5 rings (SSSR count). The number of pyridine rings is 1. The van der Waals surface area contributed by atoms with Crippen molar-refractivity contribution in [1.82, 2.24) is 20.0 Å². The van der Waals surface area contributed by atoms with Crippen LogP contribution in [0, 0.1) is 0 Å². The van der Waals surface area contributed by atoms with Crippen LogP contribution in [0.15, 0.2) is 59.1 Å². The Bertz CT molecular complexity index is 1290. The Balaban J connectivity index is 1.39. The van der Waals surface area contributed by atoms with Crippen molar-refractivity contribution in [2.24, 2.45) is 0 Å². The Hall–Kier alpha value is -3.94. The van der Waals surface area contributed by atoms with Crippen LogP contribution in [-0.4, -0.2) is 32.6 Å². The Labute approximate surface area is 178 Å². The number of nitrogens with zero attached hydrogens (tertiary/aromatic N) is 3. The quantitative estimate of drug-likeness (QED) is 0.531. The highest BCUT2D eigenvalue weighted by Gasteiger charge is 2.30. The Morgan fingerprint density at radius 3 is 2.77 bits per heavy atom. The van der Waals surface area contributed by atoms with Crippen LogP contribution in [0.25, 0.3) is 11.0 Å². The van der Waals surface area contributed by atoms with Gasteiger partial charge in [0, 0.05) is 23.9 Å². The highest BCUT2D eigenvalue weighted by atomic mass is 16.5. The summed E-state index contributed by atoms with van der Waals surface area (Å²) in [6.45, 7) is 3.97. The van der Waals surface area contributed by atoms with Gasteiger partial charge in [0.15, 0.2) is 5.82 Å². The molecule has 0 saturated carbocycles. The molecule has 2 amide bonds. The number of anilines is 1. The lowest BCUT2D eigenvalue weighted by Gasteiger charge is -2.29. The lowest BCUT2D eigenvalue weighted by Crippen LogP contribution is -2.44. The van der Waals surface area contributed by atoms with Gasteiger partial charge in [-0.2, -0.15) is 0 Å². The highest BCUT2D eigenvalue weighted by Crippen LogP contribution is 2.28. The molecule has 2 N–H and O–H groups in total. The Kier molecular flexibility index (Phi) is 4.54. The number of rotatable bonds is 4. The third-order valence-corrected chi connectivity index (χ3v) is 5.66. The van der Waals surface area contributed by atoms with Crippen molar-refractivity contribution in [3.8, 4) is 0 Å². The molecule has 3 aromatic heterocycles. The van der Waals surface area contributed by atoms with Crippen LogP contribution in [0.2, 0.25) is 0 Å². The van der Waals surface area contributed by atoms with E-state index in [4.69, 9.17) is 4.52 Å².